The summed E-state index contributed by atoms with van der Waals surface area (Å²) in [6.45, 7) is 3.83. The summed E-state index contributed by atoms with van der Waals surface area (Å²) >= 11 is 0. The number of methoxy groups -OCH3 is 1. The highest BCUT2D eigenvalue weighted by atomic mass is 35.5. The Labute approximate surface area is 210 Å². The van der Waals surface area contributed by atoms with E-state index in [4.69, 9.17) is 4.74 Å². The van der Waals surface area contributed by atoms with Gasteiger partial charge in [0.2, 0.25) is 0 Å². The number of anilines is 1. The summed E-state index contributed by atoms with van der Waals surface area (Å²) in [6, 6.07) is 24.8. The second kappa shape index (κ2) is 11.3. The van der Waals surface area contributed by atoms with Crippen LogP contribution < -0.4 is 9.64 Å². The lowest BCUT2D eigenvalue weighted by Crippen LogP contribution is -2.48. The zero-order valence-electron chi connectivity index (χ0n) is 19.5. The summed E-state index contributed by atoms with van der Waals surface area (Å²) in [4.78, 5) is 4.67. The molecule has 35 heavy (non-hydrogen) atoms. The van der Waals surface area contributed by atoms with Crippen molar-refractivity contribution < 1.29 is 9.13 Å². The number of halogens is 2. The molecule has 0 amide bonds. The third-order valence-electron chi connectivity index (χ3n) is 6.28. The molecule has 1 saturated heterocycles. The van der Waals surface area contributed by atoms with E-state index in [2.05, 4.69) is 43.5 Å². The molecular formula is C26H28ClFN6O. The molecule has 0 spiro atoms. The monoisotopic (exact) mass is 494 g/mol. The Balaban J connectivity index is 0.00000289. The van der Waals surface area contributed by atoms with Crippen LogP contribution in [0.15, 0.2) is 78.9 Å². The van der Waals surface area contributed by atoms with Crippen LogP contribution in [0, 0.1) is 5.82 Å². The Kier molecular flexibility index (Phi) is 7.94. The van der Waals surface area contributed by atoms with Crippen molar-refractivity contribution in [1.29, 1.82) is 0 Å². The molecule has 1 fully saturated rings. The molecule has 0 N–H and O–H groups in total. The first-order valence-electron chi connectivity index (χ1n) is 11.4. The quantitative estimate of drug-likeness (QED) is 0.384. The Morgan fingerprint density at radius 3 is 2.29 bits per heavy atom. The van der Waals surface area contributed by atoms with E-state index in [1.165, 1.54) is 12.1 Å². The SMILES string of the molecule is COc1ccccc1C(c1nnnn1Cc1ccccc1)N1CCN(c2ccc(F)cc2)CC1.Cl. The van der Waals surface area contributed by atoms with Gasteiger partial charge in [0.1, 0.15) is 17.6 Å². The van der Waals surface area contributed by atoms with Crippen LogP contribution in [0.4, 0.5) is 10.1 Å². The predicted molar refractivity (Wildman–Crippen MR) is 136 cm³/mol. The third kappa shape index (κ3) is 5.44. The first-order chi connectivity index (χ1) is 16.7. The summed E-state index contributed by atoms with van der Waals surface area (Å²) in [5, 5.41) is 12.8. The molecule has 7 nitrogen and oxygen atoms in total. The molecule has 5 rings (SSSR count). The number of ether oxygens (including phenoxy) is 1. The highest BCUT2D eigenvalue weighted by molar-refractivity contribution is 5.85. The Bertz CT molecular complexity index is 1210. The van der Waals surface area contributed by atoms with Gasteiger partial charge in [-0.25, -0.2) is 9.07 Å². The van der Waals surface area contributed by atoms with Crippen LogP contribution in [0.25, 0.3) is 0 Å². The molecule has 1 aliphatic heterocycles. The fourth-order valence-electron chi connectivity index (χ4n) is 4.56. The van der Waals surface area contributed by atoms with Gasteiger partial charge in [-0.15, -0.1) is 17.5 Å². The van der Waals surface area contributed by atoms with Crippen LogP contribution in [0.5, 0.6) is 5.75 Å². The highest BCUT2D eigenvalue weighted by Gasteiger charge is 2.32. The van der Waals surface area contributed by atoms with Crippen molar-refractivity contribution in [3.8, 4) is 5.75 Å². The van der Waals surface area contributed by atoms with Gasteiger partial charge in [0.05, 0.1) is 13.7 Å². The zero-order valence-corrected chi connectivity index (χ0v) is 20.3. The van der Waals surface area contributed by atoms with E-state index in [-0.39, 0.29) is 24.3 Å². The van der Waals surface area contributed by atoms with Crippen LogP contribution in [0.3, 0.4) is 0 Å². The van der Waals surface area contributed by atoms with Crippen LogP contribution >= 0.6 is 12.4 Å². The van der Waals surface area contributed by atoms with Gasteiger partial charge in [-0.05, 0) is 46.3 Å². The Hall–Kier alpha value is -3.49. The van der Waals surface area contributed by atoms with Gasteiger partial charge < -0.3 is 9.64 Å². The van der Waals surface area contributed by atoms with E-state index in [0.29, 0.717) is 6.54 Å². The second-order valence-corrected chi connectivity index (χ2v) is 8.32. The number of tetrazole rings is 1. The number of para-hydroxylation sites is 1. The minimum atomic E-state index is -0.219. The maximum atomic E-state index is 13.4. The van der Waals surface area contributed by atoms with Gasteiger partial charge in [0.25, 0.3) is 0 Å². The molecule has 1 aromatic heterocycles. The van der Waals surface area contributed by atoms with E-state index >= 15 is 0 Å². The lowest BCUT2D eigenvalue weighted by Gasteiger charge is -2.40. The predicted octanol–water partition coefficient (Wildman–Crippen LogP) is 4.20. The van der Waals surface area contributed by atoms with Gasteiger partial charge in [0.15, 0.2) is 5.82 Å². The highest BCUT2D eigenvalue weighted by Crippen LogP contribution is 2.34. The molecule has 182 valence electrons. The smallest absolute Gasteiger partial charge is 0.173 e. The lowest BCUT2D eigenvalue weighted by atomic mass is 10.0. The van der Waals surface area contributed by atoms with Crippen molar-refractivity contribution in [3.63, 3.8) is 0 Å². The molecule has 1 aliphatic rings. The number of nitrogens with zero attached hydrogens (tertiary/aromatic N) is 6. The first kappa shape index (κ1) is 24.6. The molecule has 0 bridgehead atoms. The van der Waals surface area contributed by atoms with Gasteiger partial charge >= 0.3 is 0 Å². The number of aromatic nitrogens is 4. The molecule has 4 aromatic rings. The summed E-state index contributed by atoms with van der Waals surface area (Å²) in [5.41, 5.74) is 3.20. The number of rotatable bonds is 7. The number of benzene rings is 3. The minimum absolute atomic E-state index is 0. The third-order valence-corrected chi connectivity index (χ3v) is 6.28. The van der Waals surface area contributed by atoms with Crippen molar-refractivity contribution >= 4 is 18.1 Å². The normalized spacial score (nSPS) is 14.9. The average Bonchev–Trinajstić information content (AvgIpc) is 3.33. The zero-order chi connectivity index (χ0) is 23.3. The fourth-order valence-corrected chi connectivity index (χ4v) is 4.56. The van der Waals surface area contributed by atoms with E-state index < -0.39 is 0 Å². The van der Waals surface area contributed by atoms with Crippen molar-refractivity contribution in [3.05, 3.63) is 102 Å². The fraction of sp³-hybridized carbons (Fsp3) is 0.269. The number of hydrogen-bond acceptors (Lipinski definition) is 6. The summed E-state index contributed by atoms with van der Waals surface area (Å²) in [6.07, 6.45) is 0. The standard InChI is InChI=1S/C26H27FN6O.ClH/c1-34-24-10-6-5-9-23(24)25(26-28-29-30-33(26)19-20-7-3-2-4-8-20)32-17-15-31(16-18-32)22-13-11-21(27)12-14-22;/h2-14,25H,15-19H2,1H3;1H. The molecule has 2 heterocycles. The Morgan fingerprint density at radius 2 is 1.57 bits per heavy atom. The molecule has 0 radical (unpaired) electrons. The molecule has 3 aromatic carbocycles. The van der Waals surface area contributed by atoms with E-state index in [1.54, 1.807) is 7.11 Å². The van der Waals surface area contributed by atoms with E-state index in [9.17, 15) is 4.39 Å². The molecule has 0 aliphatic carbocycles. The van der Waals surface area contributed by atoms with Gasteiger partial charge in [-0.2, -0.15) is 0 Å². The largest absolute Gasteiger partial charge is 0.496 e. The Morgan fingerprint density at radius 1 is 0.886 bits per heavy atom. The van der Waals surface area contributed by atoms with E-state index in [0.717, 1.165) is 54.6 Å². The molecular weight excluding hydrogens is 467 g/mol. The van der Waals surface area contributed by atoms with Crippen LogP contribution in [0.1, 0.15) is 23.0 Å². The van der Waals surface area contributed by atoms with E-state index in [1.807, 2.05) is 53.2 Å². The van der Waals surface area contributed by atoms with Crippen LogP contribution in [0.2, 0.25) is 0 Å². The maximum absolute atomic E-state index is 13.4. The minimum Gasteiger partial charge on any atom is -0.496 e. The van der Waals surface area contributed by atoms with Gasteiger partial charge in [0, 0.05) is 37.4 Å². The topological polar surface area (TPSA) is 59.3 Å². The van der Waals surface area contributed by atoms with Crippen LogP contribution in [-0.4, -0.2) is 58.4 Å². The first-order valence-corrected chi connectivity index (χ1v) is 11.4. The molecule has 9 heteroatoms. The summed E-state index contributed by atoms with van der Waals surface area (Å²) in [5.74, 6) is 1.37. The number of piperazine rings is 1. The van der Waals surface area contributed by atoms with Crippen molar-refractivity contribution in [2.75, 3.05) is 38.2 Å². The van der Waals surface area contributed by atoms with Crippen molar-refractivity contribution in [1.82, 2.24) is 25.1 Å². The molecule has 1 unspecified atom stereocenters. The average molecular weight is 495 g/mol. The van der Waals surface area contributed by atoms with Gasteiger partial charge in [-0.1, -0.05) is 48.5 Å². The second-order valence-electron chi connectivity index (χ2n) is 8.32. The molecule has 1 atom stereocenters. The molecule has 0 saturated carbocycles. The van der Waals surface area contributed by atoms with Gasteiger partial charge in [-0.3, -0.25) is 4.90 Å². The number of hydrogen-bond donors (Lipinski definition) is 0. The summed E-state index contributed by atoms with van der Waals surface area (Å²) in [7, 11) is 1.69. The maximum Gasteiger partial charge on any atom is 0.173 e. The van der Waals surface area contributed by atoms with Crippen LogP contribution in [-0.2, 0) is 6.54 Å². The lowest BCUT2D eigenvalue weighted by molar-refractivity contribution is 0.198. The van der Waals surface area contributed by atoms with Crippen molar-refractivity contribution in [2.45, 2.75) is 12.6 Å². The summed E-state index contributed by atoms with van der Waals surface area (Å²) < 4.78 is 21.0. The van der Waals surface area contributed by atoms with Crippen molar-refractivity contribution in [2.24, 2.45) is 0 Å².